The maximum absolute atomic E-state index is 12.8. The van der Waals surface area contributed by atoms with Crippen LogP contribution in [0.2, 0.25) is 0 Å². The number of hydrogen-bond donors (Lipinski definition) is 1. The summed E-state index contributed by atoms with van der Waals surface area (Å²) in [6.45, 7) is 7.83. The summed E-state index contributed by atoms with van der Waals surface area (Å²) < 4.78 is 5.28. The van der Waals surface area contributed by atoms with Gasteiger partial charge in [0.1, 0.15) is 12.3 Å². The number of methoxy groups -OCH3 is 1. The lowest BCUT2D eigenvalue weighted by atomic mass is 10.1. The molecular weight excluding hydrogens is 420 g/mol. The van der Waals surface area contributed by atoms with E-state index < -0.39 is 0 Å². The lowest BCUT2D eigenvalue weighted by Gasteiger charge is -2.36. The molecule has 0 spiro atoms. The van der Waals surface area contributed by atoms with Crippen LogP contribution in [0.3, 0.4) is 0 Å². The molecule has 1 aromatic heterocycles. The van der Waals surface area contributed by atoms with Crippen molar-refractivity contribution in [2.75, 3.05) is 57.8 Å². The number of anilines is 1. The van der Waals surface area contributed by atoms with Gasteiger partial charge in [0.15, 0.2) is 5.82 Å². The van der Waals surface area contributed by atoms with Crippen LogP contribution in [0.5, 0.6) is 5.75 Å². The number of carbonyl (C=O) groups excluding carboxylic acids is 2. The summed E-state index contributed by atoms with van der Waals surface area (Å²) in [5, 5.41) is 11.6. The van der Waals surface area contributed by atoms with Gasteiger partial charge < -0.3 is 24.8 Å². The number of nitrogens with one attached hydrogen (secondary N) is 1. The minimum atomic E-state index is -0.169. The summed E-state index contributed by atoms with van der Waals surface area (Å²) in [6.07, 6.45) is 1.68. The fourth-order valence-corrected chi connectivity index (χ4v) is 3.74. The first-order valence-electron chi connectivity index (χ1n) is 11.6. The number of urea groups is 1. The van der Waals surface area contributed by atoms with Crippen LogP contribution in [-0.4, -0.2) is 84.9 Å². The Labute approximate surface area is 195 Å². The fraction of sp³-hybridized carbons (Fsp3) is 0.500. The molecule has 1 fully saturated rings. The third-order valence-corrected chi connectivity index (χ3v) is 5.61. The van der Waals surface area contributed by atoms with Crippen molar-refractivity contribution in [1.82, 2.24) is 25.3 Å². The van der Waals surface area contributed by atoms with Gasteiger partial charge in [-0.1, -0.05) is 26.0 Å². The second-order valence-electron chi connectivity index (χ2n) is 8.03. The first kappa shape index (κ1) is 24.3. The van der Waals surface area contributed by atoms with Gasteiger partial charge in [0.25, 0.3) is 0 Å². The average Bonchev–Trinajstić information content (AvgIpc) is 2.87. The van der Waals surface area contributed by atoms with Crippen molar-refractivity contribution in [2.45, 2.75) is 26.7 Å². The molecule has 3 rings (SSSR count). The molecule has 1 aliphatic heterocycles. The SMILES string of the molecule is CCCNC(=O)N(CCC)CC(=O)N1CCN(c2ccc(-c3cccc(OC)c3)nn2)CC1. The van der Waals surface area contributed by atoms with Gasteiger partial charge in [-0.05, 0) is 37.1 Å². The van der Waals surface area contributed by atoms with Crippen LogP contribution in [0, 0.1) is 0 Å². The van der Waals surface area contributed by atoms with Crippen molar-refractivity contribution in [3.63, 3.8) is 0 Å². The Morgan fingerprint density at radius 1 is 1.06 bits per heavy atom. The number of aromatic nitrogens is 2. The second-order valence-corrected chi connectivity index (χ2v) is 8.03. The lowest BCUT2D eigenvalue weighted by molar-refractivity contribution is -0.132. The van der Waals surface area contributed by atoms with Crippen LogP contribution in [0.25, 0.3) is 11.3 Å². The topological polar surface area (TPSA) is 90.9 Å². The minimum absolute atomic E-state index is 0.0193. The van der Waals surface area contributed by atoms with Gasteiger partial charge in [-0.15, -0.1) is 10.2 Å². The Balaban J connectivity index is 1.54. The van der Waals surface area contributed by atoms with Crippen LogP contribution in [0.4, 0.5) is 10.6 Å². The van der Waals surface area contributed by atoms with E-state index in [1.165, 1.54) is 0 Å². The number of ether oxygens (including phenoxy) is 1. The summed E-state index contributed by atoms with van der Waals surface area (Å²) in [6, 6.07) is 11.5. The third-order valence-electron chi connectivity index (χ3n) is 5.61. The molecule has 0 atom stereocenters. The van der Waals surface area contributed by atoms with Gasteiger partial charge in [-0.25, -0.2) is 4.79 Å². The molecule has 1 N–H and O–H groups in total. The van der Waals surface area contributed by atoms with E-state index in [1.54, 1.807) is 12.0 Å². The van der Waals surface area contributed by atoms with Gasteiger partial charge in [0, 0.05) is 44.8 Å². The van der Waals surface area contributed by atoms with Crippen LogP contribution in [0.15, 0.2) is 36.4 Å². The minimum Gasteiger partial charge on any atom is -0.497 e. The number of amides is 3. The molecule has 2 aromatic rings. The molecule has 9 nitrogen and oxygen atoms in total. The van der Waals surface area contributed by atoms with Crippen LogP contribution < -0.4 is 15.0 Å². The van der Waals surface area contributed by atoms with Crippen molar-refractivity contribution in [3.8, 4) is 17.0 Å². The van der Waals surface area contributed by atoms with Crippen molar-refractivity contribution in [2.24, 2.45) is 0 Å². The Bertz CT molecular complexity index is 913. The molecule has 1 aromatic carbocycles. The van der Waals surface area contributed by atoms with Gasteiger partial charge in [-0.3, -0.25) is 4.79 Å². The quantitative estimate of drug-likeness (QED) is 0.626. The molecule has 0 radical (unpaired) electrons. The molecule has 0 bridgehead atoms. The number of benzene rings is 1. The van der Waals surface area contributed by atoms with Gasteiger partial charge >= 0.3 is 6.03 Å². The molecular formula is C24H34N6O3. The molecule has 33 heavy (non-hydrogen) atoms. The summed E-state index contributed by atoms with van der Waals surface area (Å²) in [4.78, 5) is 30.7. The number of piperazine rings is 1. The van der Waals surface area contributed by atoms with Gasteiger partial charge in [0.2, 0.25) is 5.91 Å². The zero-order valence-electron chi connectivity index (χ0n) is 19.8. The molecule has 3 amide bonds. The third kappa shape index (κ3) is 6.57. The lowest BCUT2D eigenvalue weighted by Crippen LogP contribution is -2.53. The molecule has 0 aliphatic carbocycles. The van der Waals surface area contributed by atoms with Crippen LogP contribution in [-0.2, 0) is 4.79 Å². The normalized spacial score (nSPS) is 13.5. The highest BCUT2D eigenvalue weighted by atomic mass is 16.5. The van der Waals surface area contributed by atoms with Crippen molar-refractivity contribution in [1.29, 1.82) is 0 Å². The Kier molecular flexibility index (Phi) is 8.86. The Morgan fingerprint density at radius 3 is 2.48 bits per heavy atom. The molecule has 9 heteroatoms. The molecule has 178 valence electrons. The van der Waals surface area contributed by atoms with Crippen molar-refractivity contribution >= 4 is 17.8 Å². The molecule has 1 aliphatic rings. The van der Waals surface area contributed by atoms with Crippen LogP contribution >= 0.6 is 0 Å². The Hall–Kier alpha value is -3.36. The average molecular weight is 455 g/mol. The monoisotopic (exact) mass is 454 g/mol. The van der Waals surface area contributed by atoms with E-state index in [0.717, 1.165) is 35.7 Å². The highest BCUT2D eigenvalue weighted by Gasteiger charge is 2.25. The largest absolute Gasteiger partial charge is 0.497 e. The van der Waals surface area contributed by atoms with Gasteiger partial charge in [-0.2, -0.15) is 0 Å². The number of rotatable bonds is 9. The zero-order chi connectivity index (χ0) is 23.6. The molecule has 0 unspecified atom stereocenters. The number of hydrogen-bond acceptors (Lipinski definition) is 6. The van der Waals surface area contributed by atoms with E-state index >= 15 is 0 Å². The predicted octanol–water partition coefficient (Wildman–Crippen LogP) is 2.63. The highest BCUT2D eigenvalue weighted by Crippen LogP contribution is 2.23. The Morgan fingerprint density at radius 2 is 1.85 bits per heavy atom. The highest BCUT2D eigenvalue weighted by molar-refractivity contribution is 5.84. The fourth-order valence-electron chi connectivity index (χ4n) is 3.74. The predicted molar refractivity (Wildman–Crippen MR) is 128 cm³/mol. The first-order chi connectivity index (χ1) is 16.0. The number of carbonyl (C=O) groups is 2. The molecule has 2 heterocycles. The molecule has 1 saturated heterocycles. The maximum Gasteiger partial charge on any atom is 0.317 e. The van der Waals surface area contributed by atoms with E-state index in [9.17, 15) is 9.59 Å². The number of nitrogens with zero attached hydrogens (tertiary/aromatic N) is 5. The van der Waals surface area contributed by atoms with E-state index in [1.807, 2.05) is 55.1 Å². The summed E-state index contributed by atoms with van der Waals surface area (Å²) in [7, 11) is 1.64. The summed E-state index contributed by atoms with van der Waals surface area (Å²) >= 11 is 0. The van der Waals surface area contributed by atoms with E-state index in [-0.39, 0.29) is 18.5 Å². The maximum atomic E-state index is 12.8. The first-order valence-corrected chi connectivity index (χ1v) is 11.6. The van der Waals surface area contributed by atoms with Gasteiger partial charge in [0.05, 0.1) is 12.8 Å². The van der Waals surface area contributed by atoms with Crippen LogP contribution in [0.1, 0.15) is 26.7 Å². The van der Waals surface area contributed by atoms with E-state index in [2.05, 4.69) is 20.4 Å². The second kappa shape index (κ2) is 12.0. The summed E-state index contributed by atoms with van der Waals surface area (Å²) in [5.74, 6) is 1.55. The van der Waals surface area contributed by atoms with E-state index in [4.69, 9.17) is 4.74 Å². The summed E-state index contributed by atoms with van der Waals surface area (Å²) in [5.41, 5.74) is 1.73. The van der Waals surface area contributed by atoms with Crippen molar-refractivity contribution < 1.29 is 14.3 Å². The smallest absolute Gasteiger partial charge is 0.317 e. The van der Waals surface area contributed by atoms with Crippen molar-refractivity contribution in [3.05, 3.63) is 36.4 Å². The molecule has 0 saturated carbocycles. The standard InChI is InChI=1S/C24H34N6O3/c1-4-11-25-24(32)30(12-5-2)18-23(31)29-15-13-28(14-16-29)22-10-9-21(26-27-22)19-7-6-8-20(17-19)33-3/h6-10,17H,4-5,11-16,18H2,1-3H3,(H,25,32). The van der Waals surface area contributed by atoms with E-state index in [0.29, 0.717) is 39.3 Å². The zero-order valence-corrected chi connectivity index (χ0v) is 19.8.